The van der Waals surface area contributed by atoms with E-state index >= 15 is 0 Å². The van der Waals surface area contributed by atoms with Gasteiger partial charge in [-0.1, -0.05) is 17.4 Å². The standard InChI is InChI=1S/C24H27N5O3S/c1-17-3-9-21-23(18(17)2)26-24(33-21)28-15-13-27(14-16-28)12-11-25-22(30)10-6-19-4-7-20(8-5-19)29(31)32/h3-10H,11-16H2,1-2H3,(H,25,30)/b10-6-. The summed E-state index contributed by atoms with van der Waals surface area (Å²) in [5.74, 6) is -0.174. The Kier molecular flexibility index (Phi) is 7.00. The van der Waals surface area contributed by atoms with Crippen LogP contribution in [-0.4, -0.2) is 60.0 Å². The minimum Gasteiger partial charge on any atom is -0.351 e. The van der Waals surface area contributed by atoms with E-state index in [0.29, 0.717) is 6.54 Å². The van der Waals surface area contributed by atoms with Crippen LogP contribution in [0.15, 0.2) is 42.5 Å². The quantitative estimate of drug-likeness (QED) is 0.324. The summed E-state index contributed by atoms with van der Waals surface area (Å²) in [6.07, 6.45) is 3.11. The van der Waals surface area contributed by atoms with Crippen molar-refractivity contribution in [1.29, 1.82) is 0 Å². The van der Waals surface area contributed by atoms with Crippen LogP contribution in [0.4, 0.5) is 10.8 Å². The number of hydrogen-bond acceptors (Lipinski definition) is 7. The second-order valence-electron chi connectivity index (χ2n) is 8.15. The first-order chi connectivity index (χ1) is 15.9. The minimum absolute atomic E-state index is 0.0324. The fourth-order valence-corrected chi connectivity index (χ4v) is 4.86. The second kappa shape index (κ2) is 10.1. The van der Waals surface area contributed by atoms with Gasteiger partial charge in [-0.15, -0.1) is 0 Å². The summed E-state index contributed by atoms with van der Waals surface area (Å²) in [5.41, 5.74) is 4.42. The van der Waals surface area contributed by atoms with Crippen LogP contribution in [-0.2, 0) is 4.79 Å². The average Bonchev–Trinajstić information content (AvgIpc) is 3.26. The van der Waals surface area contributed by atoms with Crippen LogP contribution in [0.2, 0.25) is 0 Å². The third-order valence-corrected chi connectivity index (χ3v) is 7.06. The molecule has 3 aromatic rings. The number of nitro benzene ring substituents is 1. The average molecular weight is 466 g/mol. The number of hydrogen-bond donors (Lipinski definition) is 1. The molecular weight excluding hydrogens is 438 g/mol. The number of anilines is 1. The first-order valence-electron chi connectivity index (χ1n) is 10.9. The van der Waals surface area contributed by atoms with E-state index in [2.05, 4.69) is 41.1 Å². The molecule has 1 N–H and O–H groups in total. The molecule has 8 nitrogen and oxygen atoms in total. The van der Waals surface area contributed by atoms with Gasteiger partial charge in [-0.3, -0.25) is 19.8 Å². The van der Waals surface area contributed by atoms with Gasteiger partial charge in [0.05, 0.1) is 15.1 Å². The SMILES string of the molecule is Cc1ccc2sc(N3CCN(CCNC(=O)/C=C\c4ccc([N+](=O)[O-])cc4)CC3)nc2c1C. The summed E-state index contributed by atoms with van der Waals surface area (Å²) >= 11 is 1.75. The Hall–Kier alpha value is -3.30. The van der Waals surface area contributed by atoms with Gasteiger partial charge in [-0.25, -0.2) is 4.98 Å². The van der Waals surface area contributed by atoms with Crippen molar-refractivity contribution in [3.8, 4) is 0 Å². The van der Waals surface area contributed by atoms with Crippen molar-refractivity contribution in [2.24, 2.45) is 0 Å². The van der Waals surface area contributed by atoms with E-state index in [9.17, 15) is 14.9 Å². The number of aromatic nitrogens is 1. The Morgan fingerprint density at radius 2 is 1.88 bits per heavy atom. The molecular formula is C24H27N5O3S. The van der Waals surface area contributed by atoms with Gasteiger partial charge >= 0.3 is 0 Å². The summed E-state index contributed by atoms with van der Waals surface area (Å²) in [5, 5.41) is 14.7. The molecule has 1 amide bonds. The van der Waals surface area contributed by atoms with Gasteiger partial charge in [0.1, 0.15) is 0 Å². The van der Waals surface area contributed by atoms with Gasteiger partial charge in [-0.05, 0) is 54.8 Å². The highest BCUT2D eigenvalue weighted by molar-refractivity contribution is 7.22. The lowest BCUT2D eigenvalue weighted by Gasteiger charge is -2.34. The Labute approximate surface area is 196 Å². The number of benzene rings is 2. The highest BCUT2D eigenvalue weighted by Crippen LogP contribution is 2.32. The number of non-ortho nitro benzene ring substituents is 1. The van der Waals surface area contributed by atoms with Crippen LogP contribution >= 0.6 is 11.3 Å². The van der Waals surface area contributed by atoms with Crippen LogP contribution in [0.3, 0.4) is 0 Å². The first-order valence-corrected chi connectivity index (χ1v) is 11.8. The maximum Gasteiger partial charge on any atom is 0.269 e. The fraction of sp³-hybridized carbons (Fsp3) is 0.333. The van der Waals surface area contributed by atoms with Crippen molar-refractivity contribution in [2.45, 2.75) is 13.8 Å². The molecule has 2 heterocycles. The smallest absolute Gasteiger partial charge is 0.269 e. The van der Waals surface area contributed by atoms with Crippen molar-refractivity contribution in [1.82, 2.24) is 15.2 Å². The number of amides is 1. The lowest BCUT2D eigenvalue weighted by molar-refractivity contribution is -0.384. The summed E-state index contributed by atoms with van der Waals surface area (Å²) < 4.78 is 1.24. The number of rotatable bonds is 7. The Bertz CT molecular complexity index is 1180. The normalized spacial score (nSPS) is 14.8. The molecule has 0 bridgehead atoms. The topological polar surface area (TPSA) is 91.6 Å². The van der Waals surface area contributed by atoms with Crippen molar-refractivity contribution in [3.05, 3.63) is 69.3 Å². The van der Waals surface area contributed by atoms with Crippen LogP contribution in [0.25, 0.3) is 16.3 Å². The number of nitrogens with one attached hydrogen (secondary N) is 1. The molecule has 4 rings (SSSR count). The van der Waals surface area contributed by atoms with Crippen LogP contribution < -0.4 is 10.2 Å². The maximum atomic E-state index is 12.1. The van der Waals surface area contributed by atoms with Crippen molar-refractivity contribution in [2.75, 3.05) is 44.2 Å². The van der Waals surface area contributed by atoms with E-state index < -0.39 is 4.92 Å². The van der Waals surface area contributed by atoms with Gasteiger partial charge < -0.3 is 10.2 Å². The largest absolute Gasteiger partial charge is 0.351 e. The molecule has 0 aliphatic carbocycles. The molecule has 9 heteroatoms. The third-order valence-electron chi connectivity index (χ3n) is 5.97. The Morgan fingerprint density at radius 1 is 1.15 bits per heavy atom. The van der Waals surface area contributed by atoms with E-state index in [0.717, 1.165) is 48.9 Å². The lowest BCUT2D eigenvalue weighted by atomic mass is 10.1. The number of carbonyl (C=O) groups is 1. The van der Waals surface area contributed by atoms with Crippen LogP contribution in [0.1, 0.15) is 16.7 Å². The highest BCUT2D eigenvalue weighted by atomic mass is 32.1. The predicted octanol–water partition coefficient (Wildman–Crippen LogP) is 3.77. The summed E-state index contributed by atoms with van der Waals surface area (Å²) in [4.78, 5) is 31.9. The van der Waals surface area contributed by atoms with Crippen molar-refractivity contribution < 1.29 is 9.72 Å². The number of carbonyl (C=O) groups excluding carboxylic acids is 1. The molecule has 1 saturated heterocycles. The van der Waals surface area contributed by atoms with Gasteiger partial charge in [0.2, 0.25) is 5.91 Å². The highest BCUT2D eigenvalue weighted by Gasteiger charge is 2.20. The number of fused-ring (bicyclic) bond motifs is 1. The molecule has 0 unspecified atom stereocenters. The van der Waals surface area contributed by atoms with Gasteiger partial charge in [0.15, 0.2) is 5.13 Å². The van der Waals surface area contributed by atoms with Crippen molar-refractivity contribution in [3.63, 3.8) is 0 Å². The fourth-order valence-electron chi connectivity index (χ4n) is 3.79. The number of aryl methyl sites for hydroxylation is 2. The maximum absolute atomic E-state index is 12.1. The Balaban J connectivity index is 1.21. The van der Waals surface area contributed by atoms with Gasteiger partial charge in [0, 0.05) is 57.5 Å². The molecule has 0 spiro atoms. The summed E-state index contributed by atoms with van der Waals surface area (Å²) in [6.45, 7) is 9.33. The summed E-state index contributed by atoms with van der Waals surface area (Å²) in [7, 11) is 0. The van der Waals surface area contributed by atoms with Gasteiger partial charge in [0.25, 0.3) is 5.69 Å². The van der Waals surface area contributed by atoms with Crippen LogP contribution in [0, 0.1) is 24.0 Å². The predicted molar refractivity (Wildman–Crippen MR) is 133 cm³/mol. The molecule has 0 saturated carbocycles. The number of nitrogens with zero attached hydrogens (tertiary/aromatic N) is 4. The molecule has 1 aliphatic heterocycles. The molecule has 0 radical (unpaired) electrons. The third kappa shape index (κ3) is 5.55. The zero-order valence-corrected chi connectivity index (χ0v) is 19.6. The van der Waals surface area contributed by atoms with E-state index in [1.165, 1.54) is 34.0 Å². The summed E-state index contributed by atoms with van der Waals surface area (Å²) in [6, 6.07) is 10.4. The van der Waals surface area contributed by atoms with E-state index in [1.54, 1.807) is 29.5 Å². The monoisotopic (exact) mass is 465 g/mol. The molecule has 1 fully saturated rings. The molecule has 1 aromatic heterocycles. The molecule has 172 valence electrons. The first kappa shape index (κ1) is 22.9. The zero-order chi connectivity index (χ0) is 23.4. The minimum atomic E-state index is -0.444. The molecule has 0 atom stereocenters. The number of thiazole rings is 1. The lowest BCUT2D eigenvalue weighted by Crippen LogP contribution is -2.48. The number of nitro groups is 1. The van der Waals surface area contributed by atoms with Gasteiger partial charge in [-0.2, -0.15) is 0 Å². The van der Waals surface area contributed by atoms with E-state index in [1.807, 2.05) is 0 Å². The molecule has 1 aliphatic rings. The zero-order valence-electron chi connectivity index (χ0n) is 18.8. The van der Waals surface area contributed by atoms with E-state index in [4.69, 9.17) is 4.98 Å². The Morgan fingerprint density at radius 3 is 2.58 bits per heavy atom. The number of piperazine rings is 1. The van der Waals surface area contributed by atoms with Crippen LogP contribution in [0.5, 0.6) is 0 Å². The van der Waals surface area contributed by atoms with Crippen molar-refractivity contribution >= 4 is 44.4 Å². The van der Waals surface area contributed by atoms with E-state index in [-0.39, 0.29) is 11.6 Å². The molecule has 33 heavy (non-hydrogen) atoms. The molecule has 2 aromatic carbocycles. The second-order valence-corrected chi connectivity index (χ2v) is 9.16.